The van der Waals surface area contributed by atoms with Gasteiger partial charge in [0.25, 0.3) is 5.91 Å². The molecule has 0 aliphatic carbocycles. The van der Waals surface area contributed by atoms with Crippen LogP contribution >= 0.6 is 11.3 Å². The van der Waals surface area contributed by atoms with Gasteiger partial charge in [0.05, 0.1) is 17.8 Å². The Morgan fingerprint density at radius 3 is 2.21 bits per heavy atom. The average molecular weight is 468 g/mol. The Morgan fingerprint density at radius 1 is 0.939 bits per heavy atom. The molecule has 1 amide bonds. The standard InChI is InChI=1S/C25H29N3O4S/c1-19-26-21(18-33-19)17-32-24-5-3-20(4-6-24)25(29)28-13-11-27(12-14-28)15-16-31-23-9-7-22(30-2)8-10-23/h3-10,18H,11-17H2,1-2H3. The van der Waals surface area contributed by atoms with E-state index in [2.05, 4.69) is 9.88 Å². The van der Waals surface area contributed by atoms with Gasteiger partial charge < -0.3 is 19.1 Å². The van der Waals surface area contributed by atoms with E-state index in [0.717, 1.165) is 47.6 Å². The lowest BCUT2D eigenvalue weighted by Crippen LogP contribution is -2.49. The van der Waals surface area contributed by atoms with Crippen LogP contribution in [-0.2, 0) is 6.61 Å². The fraction of sp³-hybridized carbons (Fsp3) is 0.360. The van der Waals surface area contributed by atoms with Gasteiger partial charge in [0, 0.05) is 43.7 Å². The number of amides is 1. The molecule has 4 rings (SSSR count). The van der Waals surface area contributed by atoms with Gasteiger partial charge >= 0.3 is 0 Å². The maximum Gasteiger partial charge on any atom is 0.253 e. The van der Waals surface area contributed by atoms with Crippen molar-refractivity contribution in [3.05, 3.63) is 70.2 Å². The number of rotatable bonds is 9. The molecule has 1 fully saturated rings. The highest BCUT2D eigenvalue weighted by molar-refractivity contribution is 7.09. The second-order valence-corrected chi connectivity index (χ2v) is 8.89. The third-order valence-electron chi connectivity index (χ3n) is 5.55. The van der Waals surface area contributed by atoms with Crippen LogP contribution in [0.1, 0.15) is 21.1 Å². The summed E-state index contributed by atoms with van der Waals surface area (Å²) in [6.07, 6.45) is 0. The lowest BCUT2D eigenvalue weighted by molar-refractivity contribution is 0.0620. The largest absolute Gasteiger partial charge is 0.497 e. The van der Waals surface area contributed by atoms with Gasteiger partial charge in [-0.2, -0.15) is 0 Å². The lowest BCUT2D eigenvalue weighted by Gasteiger charge is -2.34. The third kappa shape index (κ3) is 6.46. The molecule has 0 atom stereocenters. The molecule has 174 valence electrons. The number of hydrogen-bond donors (Lipinski definition) is 0. The minimum absolute atomic E-state index is 0.0609. The van der Waals surface area contributed by atoms with Gasteiger partial charge in [0.15, 0.2) is 0 Å². The zero-order chi connectivity index (χ0) is 23.0. The molecule has 0 bridgehead atoms. The lowest BCUT2D eigenvalue weighted by atomic mass is 10.1. The van der Waals surface area contributed by atoms with Crippen LogP contribution in [-0.4, -0.2) is 67.1 Å². The Balaban J connectivity index is 1.18. The van der Waals surface area contributed by atoms with Crippen molar-refractivity contribution >= 4 is 17.2 Å². The Hall–Kier alpha value is -3.10. The summed E-state index contributed by atoms with van der Waals surface area (Å²) in [7, 11) is 1.65. The van der Waals surface area contributed by atoms with Gasteiger partial charge in [-0.25, -0.2) is 4.98 Å². The van der Waals surface area contributed by atoms with Gasteiger partial charge in [-0.1, -0.05) is 0 Å². The summed E-state index contributed by atoms with van der Waals surface area (Å²) in [5.74, 6) is 2.44. The van der Waals surface area contributed by atoms with Crippen LogP contribution in [0, 0.1) is 6.92 Å². The average Bonchev–Trinajstić information content (AvgIpc) is 3.28. The summed E-state index contributed by atoms with van der Waals surface area (Å²) in [4.78, 5) is 21.5. The molecule has 0 saturated carbocycles. The number of hydrogen-bond acceptors (Lipinski definition) is 7. The van der Waals surface area contributed by atoms with Crippen LogP contribution in [0.2, 0.25) is 0 Å². The number of benzene rings is 2. The fourth-order valence-corrected chi connectivity index (χ4v) is 4.24. The van der Waals surface area contributed by atoms with Crippen molar-refractivity contribution in [2.24, 2.45) is 0 Å². The van der Waals surface area contributed by atoms with Gasteiger partial charge in [0.1, 0.15) is 30.5 Å². The minimum atomic E-state index is 0.0609. The van der Waals surface area contributed by atoms with Crippen LogP contribution in [0.3, 0.4) is 0 Å². The Morgan fingerprint density at radius 2 is 1.58 bits per heavy atom. The van der Waals surface area contributed by atoms with Crippen molar-refractivity contribution in [2.75, 3.05) is 46.4 Å². The van der Waals surface area contributed by atoms with Crippen LogP contribution in [0.4, 0.5) is 0 Å². The predicted octanol–water partition coefficient (Wildman–Crippen LogP) is 3.88. The van der Waals surface area contributed by atoms with Crippen LogP contribution in [0.15, 0.2) is 53.9 Å². The first-order valence-electron chi connectivity index (χ1n) is 11.0. The smallest absolute Gasteiger partial charge is 0.253 e. The Kier molecular flexibility index (Phi) is 7.80. The minimum Gasteiger partial charge on any atom is -0.497 e. The number of carbonyl (C=O) groups excluding carboxylic acids is 1. The molecule has 0 N–H and O–H groups in total. The zero-order valence-corrected chi connectivity index (χ0v) is 19.8. The van der Waals surface area contributed by atoms with E-state index in [1.165, 1.54) is 0 Å². The molecular weight excluding hydrogens is 438 g/mol. The molecule has 1 aromatic heterocycles. The SMILES string of the molecule is COc1ccc(OCCN2CCN(C(=O)c3ccc(OCc4csc(C)n4)cc3)CC2)cc1. The third-order valence-corrected chi connectivity index (χ3v) is 6.37. The molecule has 2 heterocycles. The van der Waals surface area contributed by atoms with Gasteiger partial charge in [-0.05, 0) is 55.5 Å². The molecule has 3 aromatic rings. The van der Waals surface area contributed by atoms with Crippen molar-refractivity contribution in [3.8, 4) is 17.2 Å². The molecule has 1 aliphatic heterocycles. The van der Waals surface area contributed by atoms with Crippen molar-refractivity contribution in [3.63, 3.8) is 0 Å². The highest BCUT2D eigenvalue weighted by Gasteiger charge is 2.22. The van der Waals surface area contributed by atoms with E-state index in [1.54, 1.807) is 18.4 Å². The summed E-state index contributed by atoms with van der Waals surface area (Å²) in [6.45, 7) is 6.96. The van der Waals surface area contributed by atoms with E-state index in [-0.39, 0.29) is 5.91 Å². The number of piperazine rings is 1. The quantitative estimate of drug-likeness (QED) is 0.476. The topological polar surface area (TPSA) is 64.1 Å². The number of carbonyl (C=O) groups is 1. The summed E-state index contributed by atoms with van der Waals surface area (Å²) in [5.41, 5.74) is 1.60. The first kappa shape index (κ1) is 23.1. The van der Waals surface area contributed by atoms with Gasteiger partial charge in [-0.15, -0.1) is 11.3 Å². The van der Waals surface area contributed by atoms with E-state index < -0.39 is 0 Å². The maximum atomic E-state index is 12.9. The molecule has 33 heavy (non-hydrogen) atoms. The van der Waals surface area contributed by atoms with Gasteiger partial charge in [-0.3, -0.25) is 9.69 Å². The predicted molar refractivity (Wildman–Crippen MR) is 128 cm³/mol. The molecular formula is C25H29N3O4S. The van der Waals surface area contributed by atoms with Crippen molar-refractivity contribution in [1.82, 2.24) is 14.8 Å². The van der Waals surface area contributed by atoms with E-state index in [9.17, 15) is 4.79 Å². The molecule has 0 spiro atoms. The number of nitrogens with zero attached hydrogens (tertiary/aromatic N) is 3. The number of thiazole rings is 1. The molecule has 0 unspecified atom stereocenters. The second kappa shape index (κ2) is 11.2. The number of aromatic nitrogens is 1. The van der Waals surface area contributed by atoms with Crippen molar-refractivity contribution in [1.29, 1.82) is 0 Å². The summed E-state index contributed by atoms with van der Waals surface area (Å²) < 4.78 is 16.8. The molecule has 1 saturated heterocycles. The first-order chi connectivity index (χ1) is 16.1. The first-order valence-corrected chi connectivity index (χ1v) is 11.9. The van der Waals surface area contributed by atoms with E-state index >= 15 is 0 Å². The Bertz CT molecular complexity index is 1030. The number of methoxy groups -OCH3 is 1. The molecule has 8 heteroatoms. The molecule has 0 radical (unpaired) electrons. The number of ether oxygens (including phenoxy) is 3. The van der Waals surface area contributed by atoms with Gasteiger partial charge in [0.2, 0.25) is 0 Å². The molecule has 7 nitrogen and oxygen atoms in total. The number of aryl methyl sites for hydroxylation is 1. The molecule has 1 aliphatic rings. The van der Waals surface area contributed by atoms with E-state index in [0.29, 0.717) is 31.9 Å². The maximum absolute atomic E-state index is 12.9. The second-order valence-electron chi connectivity index (χ2n) is 7.83. The summed E-state index contributed by atoms with van der Waals surface area (Å²) >= 11 is 1.61. The normalized spacial score (nSPS) is 14.2. The van der Waals surface area contributed by atoms with E-state index in [1.807, 2.05) is 65.7 Å². The summed E-state index contributed by atoms with van der Waals surface area (Å²) in [5, 5.41) is 3.03. The summed E-state index contributed by atoms with van der Waals surface area (Å²) in [6, 6.07) is 15.0. The Labute approximate surface area is 198 Å². The van der Waals surface area contributed by atoms with Crippen molar-refractivity contribution in [2.45, 2.75) is 13.5 Å². The monoisotopic (exact) mass is 467 g/mol. The highest BCUT2D eigenvalue weighted by atomic mass is 32.1. The fourth-order valence-electron chi connectivity index (χ4n) is 3.65. The van der Waals surface area contributed by atoms with Crippen LogP contribution in [0.25, 0.3) is 0 Å². The van der Waals surface area contributed by atoms with E-state index in [4.69, 9.17) is 14.2 Å². The molecule has 2 aromatic carbocycles. The van der Waals surface area contributed by atoms with Crippen molar-refractivity contribution < 1.29 is 19.0 Å². The zero-order valence-electron chi connectivity index (χ0n) is 19.0. The van der Waals surface area contributed by atoms with Crippen LogP contribution in [0.5, 0.6) is 17.2 Å². The highest BCUT2D eigenvalue weighted by Crippen LogP contribution is 2.18. The van der Waals surface area contributed by atoms with Crippen LogP contribution < -0.4 is 14.2 Å².